The Morgan fingerprint density at radius 1 is 1.00 bits per heavy atom. The highest BCUT2D eigenvalue weighted by Crippen LogP contribution is 2.28. The SMILES string of the molecule is OC[C@@H]1CCCN1C1CCCCCC1O. The van der Waals surface area contributed by atoms with E-state index in [2.05, 4.69) is 4.90 Å². The third-order valence-electron chi connectivity index (χ3n) is 4.00. The topological polar surface area (TPSA) is 43.7 Å². The second kappa shape index (κ2) is 5.28. The molecule has 1 aliphatic heterocycles. The monoisotopic (exact) mass is 213 g/mol. The molecule has 1 aliphatic carbocycles. The van der Waals surface area contributed by atoms with E-state index in [9.17, 15) is 10.2 Å². The molecule has 3 nitrogen and oxygen atoms in total. The van der Waals surface area contributed by atoms with Crippen LogP contribution in [0, 0.1) is 0 Å². The summed E-state index contributed by atoms with van der Waals surface area (Å²) in [6.45, 7) is 1.32. The lowest BCUT2D eigenvalue weighted by Crippen LogP contribution is -2.46. The minimum absolute atomic E-state index is 0.167. The van der Waals surface area contributed by atoms with E-state index in [-0.39, 0.29) is 12.7 Å². The minimum Gasteiger partial charge on any atom is -0.395 e. The van der Waals surface area contributed by atoms with Crippen LogP contribution in [-0.4, -0.2) is 46.5 Å². The van der Waals surface area contributed by atoms with Crippen molar-refractivity contribution in [2.75, 3.05) is 13.2 Å². The molecule has 3 atom stereocenters. The van der Waals surface area contributed by atoms with Crippen molar-refractivity contribution in [1.29, 1.82) is 0 Å². The fourth-order valence-corrected chi connectivity index (χ4v) is 3.15. The third-order valence-corrected chi connectivity index (χ3v) is 4.00. The lowest BCUT2D eigenvalue weighted by molar-refractivity contribution is 0.0234. The largest absolute Gasteiger partial charge is 0.395 e. The van der Waals surface area contributed by atoms with Gasteiger partial charge in [0.05, 0.1) is 12.7 Å². The Balaban J connectivity index is 1.99. The van der Waals surface area contributed by atoms with Gasteiger partial charge in [-0.3, -0.25) is 4.90 Å². The van der Waals surface area contributed by atoms with Crippen LogP contribution in [0.25, 0.3) is 0 Å². The van der Waals surface area contributed by atoms with Crippen LogP contribution >= 0.6 is 0 Å². The number of hydrogen-bond donors (Lipinski definition) is 2. The number of nitrogens with zero attached hydrogens (tertiary/aromatic N) is 1. The maximum absolute atomic E-state index is 10.1. The molecule has 0 spiro atoms. The van der Waals surface area contributed by atoms with E-state index >= 15 is 0 Å². The van der Waals surface area contributed by atoms with Crippen LogP contribution < -0.4 is 0 Å². The van der Waals surface area contributed by atoms with Crippen LogP contribution in [-0.2, 0) is 0 Å². The van der Waals surface area contributed by atoms with E-state index in [1.165, 1.54) is 19.3 Å². The standard InChI is InChI=1S/C12H23NO2/c14-9-10-5-4-8-13(10)11-6-2-1-3-7-12(11)15/h10-12,14-15H,1-9H2/t10-,11?,12?/m0/s1. The minimum atomic E-state index is -0.167. The summed E-state index contributed by atoms with van der Waals surface area (Å²) in [4.78, 5) is 2.36. The van der Waals surface area contributed by atoms with Crippen molar-refractivity contribution in [2.24, 2.45) is 0 Å². The van der Waals surface area contributed by atoms with Gasteiger partial charge in [-0.2, -0.15) is 0 Å². The molecular weight excluding hydrogens is 190 g/mol. The molecule has 0 aromatic heterocycles. The molecule has 2 unspecified atom stereocenters. The van der Waals surface area contributed by atoms with Gasteiger partial charge in [-0.1, -0.05) is 19.3 Å². The lowest BCUT2D eigenvalue weighted by Gasteiger charge is -2.34. The zero-order valence-electron chi connectivity index (χ0n) is 9.44. The van der Waals surface area contributed by atoms with Crippen molar-refractivity contribution in [1.82, 2.24) is 4.90 Å². The average Bonchev–Trinajstić information content (AvgIpc) is 2.61. The summed E-state index contributed by atoms with van der Waals surface area (Å²) in [5, 5.41) is 19.4. The smallest absolute Gasteiger partial charge is 0.0695 e. The van der Waals surface area contributed by atoms with Gasteiger partial charge in [-0.05, 0) is 32.2 Å². The molecule has 3 heteroatoms. The molecule has 88 valence electrons. The highest BCUT2D eigenvalue weighted by Gasteiger charge is 2.34. The molecule has 2 fully saturated rings. The van der Waals surface area contributed by atoms with Gasteiger partial charge in [0.15, 0.2) is 0 Å². The van der Waals surface area contributed by atoms with Gasteiger partial charge in [0.25, 0.3) is 0 Å². The number of likely N-dealkylation sites (tertiary alicyclic amines) is 1. The molecule has 2 N–H and O–H groups in total. The summed E-state index contributed by atoms with van der Waals surface area (Å²) < 4.78 is 0. The molecule has 2 rings (SSSR count). The predicted molar refractivity (Wildman–Crippen MR) is 59.7 cm³/mol. The zero-order valence-corrected chi connectivity index (χ0v) is 9.44. The van der Waals surface area contributed by atoms with Crippen LogP contribution in [0.15, 0.2) is 0 Å². The van der Waals surface area contributed by atoms with Crippen molar-refractivity contribution < 1.29 is 10.2 Å². The lowest BCUT2D eigenvalue weighted by atomic mass is 10.0. The Morgan fingerprint density at radius 3 is 2.60 bits per heavy atom. The van der Waals surface area contributed by atoms with E-state index in [0.717, 1.165) is 32.2 Å². The van der Waals surface area contributed by atoms with Gasteiger partial charge in [0.2, 0.25) is 0 Å². The van der Waals surface area contributed by atoms with Crippen molar-refractivity contribution in [2.45, 2.75) is 63.1 Å². The number of aliphatic hydroxyl groups is 2. The van der Waals surface area contributed by atoms with E-state index in [1.807, 2.05) is 0 Å². The first kappa shape index (κ1) is 11.4. The summed E-state index contributed by atoms with van der Waals surface area (Å²) in [6.07, 6.45) is 7.81. The fourth-order valence-electron chi connectivity index (χ4n) is 3.15. The van der Waals surface area contributed by atoms with E-state index < -0.39 is 0 Å². The number of rotatable bonds is 2. The molecule has 15 heavy (non-hydrogen) atoms. The van der Waals surface area contributed by atoms with Gasteiger partial charge in [-0.25, -0.2) is 0 Å². The molecule has 1 saturated carbocycles. The zero-order chi connectivity index (χ0) is 10.7. The van der Waals surface area contributed by atoms with E-state index in [4.69, 9.17) is 0 Å². The molecule has 0 amide bonds. The molecule has 1 heterocycles. The number of hydrogen-bond acceptors (Lipinski definition) is 3. The summed E-state index contributed by atoms with van der Waals surface area (Å²) in [5.41, 5.74) is 0. The summed E-state index contributed by atoms with van der Waals surface area (Å²) in [5.74, 6) is 0. The first-order valence-electron chi connectivity index (χ1n) is 6.37. The Kier molecular flexibility index (Phi) is 4.00. The molecule has 0 radical (unpaired) electrons. The van der Waals surface area contributed by atoms with Crippen LogP contribution in [0.1, 0.15) is 44.9 Å². The Morgan fingerprint density at radius 2 is 1.80 bits per heavy atom. The Bertz CT molecular complexity index is 198. The van der Waals surface area contributed by atoms with Gasteiger partial charge < -0.3 is 10.2 Å². The fraction of sp³-hybridized carbons (Fsp3) is 1.00. The van der Waals surface area contributed by atoms with Crippen LogP contribution in [0.2, 0.25) is 0 Å². The van der Waals surface area contributed by atoms with Crippen molar-refractivity contribution in [3.63, 3.8) is 0 Å². The first-order chi connectivity index (χ1) is 7.33. The summed E-state index contributed by atoms with van der Waals surface area (Å²) in [6, 6.07) is 0.620. The normalized spacial score (nSPS) is 39.2. The number of aliphatic hydroxyl groups excluding tert-OH is 2. The molecular formula is C12H23NO2. The van der Waals surface area contributed by atoms with Crippen molar-refractivity contribution >= 4 is 0 Å². The van der Waals surface area contributed by atoms with Crippen molar-refractivity contribution in [3.05, 3.63) is 0 Å². The van der Waals surface area contributed by atoms with Crippen LogP contribution in [0.4, 0.5) is 0 Å². The van der Waals surface area contributed by atoms with Gasteiger partial charge in [-0.15, -0.1) is 0 Å². The second-order valence-corrected chi connectivity index (χ2v) is 4.99. The van der Waals surface area contributed by atoms with Gasteiger partial charge >= 0.3 is 0 Å². The molecule has 0 aromatic rings. The predicted octanol–water partition coefficient (Wildman–Crippen LogP) is 1.14. The second-order valence-electron chi connectivity index (χ2n) is 4.99. The highest BCUT2D eigenvalue weighted by molar-refractivity contribution is 4.89. The van der Waals surface area contributed by atoms with Gasteiger partial charge in [0.1, 0.15) is 0 Å². The third kappa shape index (κ3) is 2.52. The van der Waals surface area contributed by atoms with E-state index in [1.54, 1.807) is 0 Å². The molecule has 0 aromatic carbocycles. The van der Waals surface area contributed by atoms with Crippen LogP contribution in [0.3, 0.4) is 0 Å². The average molecular weight is 213 g/mol. The highest BCUT2D eigenvalue weighted by atomic mass is 16.3. The maximum atomic E-state index is 10.1. The van der Waals surface area contributed by atoms with Gasteiger partial charge in [0, 0.05) is 12.1 Å². The van der Waals surface area contributed by atoms with Crippen LogP contribution in [0.5, 0.6) is 0 Å². The molecule has 2 aliphatic rings. The summed E-state index contributed by atoms with van der Waals surface area (Å²) >= 11 is 0. The summed E-state index contributed by atoms with van der Waals surface area (Å²) in [7, 11) is 0. The Hall–Kier alpha value is -0.120. The van der Waals surface area contributed by atoms with Crippen molar-refractivity contribution in [3.8, 4) is 0 Å². The molecule has 1 saturated heterocycles. The molecule has 0 bridgehead atoms. The quantitative estimate of drug-likeness (QED) is 0.676. The van der Waals surface area contributed by atoms with E-state index in [0.29, 0.717) is 12.1 Å². The maximum Gasteiger partial charge on any atom is 0.0695 e. The Labute approximate surface area is 92.1 Å². The first-order valence-corrected chi connectivity index (χ1v) is 6.37.